The Morgan fingerprint density at radius 2 is 1.95 bits per heavy atom. The van der Waals surface area contributed by atoms with Crippen LogP contribution >= 0.6 is 0 Å². The molecule has 0 unspecified atom stereocenters. The lowest BCUT2D eigenvalue weighted by atomic mass is 10.1. The third kappa shape index (κ3) is 2.65. The van der Waals surface area contributed by atoms with Crippen molar-refractivity contribution >= 4 is 23.4 Å². The Labute approximate surface area is 122 Å². The van der Waals surface area contributed by atoms with E-state index in [9.17, 15) is 14.4 Å². The molecule has 1 saturated heterocycles. The van der Waals surface area contributed by atoms with Crippen molar-refractivity contribution in [1.29, 1.82) is 0 Å². The first-order chi connectivity index (χ1) is 10.1. The van der Waals surface area contributed by atoms with Crippen molar-refractivity contribution in [3.8, 4) is 0 Å². The molecule has 0 radical (unpaired) electrons. The van der Waals surface area contributed by atoms with Crippen molar-refractivity contribution in [3.63, 3.8) is 0 Å². The topological polar surface area (TPSA) is 69.7 Å². The highest BCUT2D eigenvalue weighted by Gasteiger charge is 2.32. The van der Waals surface area contributed by atoms with Gasteiger partial charge in [0.2, 0.25) is 5.91 Å². The Bertz CT molecular complexity index is 608. The summed E-state index contributed by atoms with van der Waals surface area (Å²) in [5.74, 6) is -0.577. The molecular weight excluding hydrogens is 270 g/mol. The molecular formula is C15H15N3O3. The maximum Gasteiger partial charge on any atom is 0.325 e. The highest BCUT2D eigenvalue weighted by Crippen LogP contribution is 2.20. The zero-order valence-corrected chi connectivity index (χ0v) is 11.4. The smallest absolute Gasteiger partial charge is 0.325 e. The van der Waals surface area contributed by atoms with Crippen LogP contribution in [0.5, 0.6) is 0 Å². The quantitative estimate of drug-likeness (QED) is 0.820. The summed E-state index contributed by atoms with van der Waals surface area (Å²) in [6.45, 7) is 0.791. The van der Waals surface area contributed by atoms with E-state index in [2.05, 4.69) is 5.32 Å². The van der Waals surface area contributed by atoms with Gasteiger partial charge in [0.15, 0.2) is 0 Å². The molecule has 2 aliphatic heterocycles. The van der Waals surface area contributed by atoms with Crippen LogP contribution in [0, 0.1) is 0 Å². The van der Waals surface area contributed by atoms with E-state index >= 15 is 0 Å². The fraction of sp³-hybridized carbons (Fsp3) is 0.267. The molecule has 0 atom stereocenters. The number of imide groups is 1. The lowest BCUT2D eigenvalue weighted by molar-refractivity contribution is -0.135. The van der Waals surface area contributed by atoms with Crippen LogP contribution in [0.1, 0.15) is 5.56 Å². The lowest BCUT2D eigenvalue weighted by Crippen LogP contribution is -2.42. The summed E-state index contributed by atoms with van der Waals surface area (Å²) in [6.07, 6.45) is 2.00. The SMILES string of the molecule is O=C(CN1C(=O)CNC1=O)N1CC=C(c2ccccc2)C1. The van der Waals surface area contributed by atoms with E-state index in [0.717, 1.165) is 16.0 Å². The molecule has 2 aliphatic rings. The molecule has 1 fully saturated rings. The van der Waals surface area contributed by atoms with E-state index in [-0.39, 0.29) is 24.9 Å². The Hall–Kier alpha value is -2.63. The Kier molecular flexibility index (Phi) is 3.43. The van der Waals surface area contributed by atoms with E-state index in [0.29, 0.717) is 13.1 Å². The molecule has 0 saturated carbocycles. The largest absolute Gasteiger partial charge is 0.333 e. The highest BCUT2D eigenvalue weighted by molar-refractivity contribution is 6.04. The first kappa shape index (κ1) is 13.4. The van der Waals surface area contributed by atoms with E-state index in [4.69, 9.17) is 0 Å². The van der Waals surface area contributed by atoms with Gasteiger partial charge >= 0.3 is 6.03 Å². The van der Waals surface area contributed by atoms with E-state index in [1.807, 2.05) is 36.4 Å². The predicted molar refractivity (Wildman–Crippen MR) is 76.1 cm³/mol. The summed E-state index contributed by atoms with van der Waals surface area (Å²) in [6, 6.07) is 9.35. The molecule has 0 bridgehead atoms. The number of carbonyl (C=O) groups is 3. The summed E-state index contributed by atoms with van der Waals surface area (Å²) in [7, 11) is 0. The summed E-state index contributed by atoms with van der Waals surface area (Å²) in [5, 5.41) is 2.40. The van der Waals surface area contributed by atoms with Gasteiger partial charge in [-0.05, 0) is 11.1 Å². The molecule has 2 heterocycles. The molecule has 4 amide bonds. The number of hydrogen-bond donors (Lipinski definition) is 1. The minimum absolute atomic E-state index is 0.0281. The lowest BCUT2D eigenvalue weighted by Gasteiger charge is -2.19. The third-order valence-electron chi connectivity index (χ3n) is 3.65. The average Bonchev–Trinajstić information content (AvgIpc) is 3.11. The fourth-order valence-electron chi connectivity index (χ4n) is 2.46. The number of nitrogens with zero attached hydrogens (tertiary/aromatic N) is 2. The number of rotatable bonds is 3. The van der Waals surface area contributed by atoms with Crippen LogP contribution in [-0.4, -0.2) is 53.8 Å². The van der Waals surface area contributed by atoms with Crippen LogP contribution in [0.3, 0.4) is 0 Å². The van der Waals surface area contributed by atoms with Gasteiger partial charge in [-0.2, -0.15) is 0 Å². The minimum Gasteiger partial charge on any atom is -0.333 e. The number of urea groups is 1. The van der Waals surface area contributed by atoms with E-state index in [1.165, 1.54) is 0 Å². The van der Waals surface area contributed by atoms with Crippen molar-refractivity contribution in [2.45, 2.75) is 0 Å². The number of benzene rings is 1. The van der Waals surface area contributed by atoms with Crippen molar-refractivity contribution < 1.29 is 14.4 Å². The van der Waals surface area contributed by atoms with Crippen LogP contribution in [0.4, 0.5) is 4.79 Å². The molecule has 1 N–H and O–H groups in total. The van der Waals surface area contributed by atoms with Gasteiger partial charge in [-0.25, -0.2) is 4.79 Å². The zero-order valence-electron chi connectivity index (χ0n) is 11.4. The van der Waals surface area contributed by atoms with Crippen LogP contribution < -0.4 is 5.32 Å². The van der Waals surface area contributed by atoms with Gasteiger partial charge in [0, 0.05) is 13.1 Å². The van der Waals surface area contributed by atoms with Gasteiger partial charge in [0.1, 0.15) is 6.54 Å². The van der Waals surface area contributed by atoms with E-state index in [1.54, 1.807) is 4.90 Å². The molecule has 0 aromatic heterocycles. The van der Waals surface area contributed by atoms with Gasteiger partial charge in [-0.15, -0.1) is 0 Å². The van der Waals surface area contributed by atoms with Gasteiger partial charge in [0.05, 0.1) is 6.54 Å². The normalized spacial score (nSPS) is 18.0. The van der Waals surface area contributed by atoms with E-state index < -0.39 is 6.03 Å². The van der Waals surface area contributed by atoms with Gasteiger partial charge in [-0.3, -0.25) is 14.5 Å². The van der Waals surface area contributed by atoms with Crippen LogP contribution in [-0.2, 0) is 9.59 Å². The van der Waals surface area contributed by atoms with Crippen LogP contribution in [0.15, 0.2) is 36.4 Å². The van der Waals surface area contributed by atoms with Crippen molar-refractivity contribution in [1.82, 2.24) is 15.1 Å². The predicted octanol–water partition coefficient (Wildman–Crippen LogP) is 0.464. The maximum absolute atomic E-state index is 12.2. The summed E-state index contributed by atoms with van der Waals surface area (Å²) < 4.78 is 0. The third-order valence-corrected chi connectivity index (χ3v) is 3.65. The van der Waals surface area contributed by atoms with Crippen molar-refractivity contribution in [3.05, 3.63) is 42.0 Å². The number of amides is 4. The Morgan fingerprint density at radius 3 is 2.62 bits per heavy atom. The second-order valence-electron chi connectivity index (χ2n) is 5.01. The number of nitrogens with one attached hydrogen (secondary N) is 1. The number of hydrogen-bond acceptors (Lipinski definition) is 3. The number of carbonyl (C=O) groups excluding carboxylic acids is 3. The monoisotopic (exact) mass is 285 g/mol. The van der Waals surface area contributed by atoms with Gasteiger partial charge in [-0.1, -0.05) is 36.4 Å². The average molecular weight is 285 g/mol. The van der Waals surface area contributed by atoms with Crippen LogP contribution in [0.2, 0.25) is 0 Å². The molecule has 21 heavy (non-hydrogen) atoms. The highest BCUT2D eigenvalue weighted by atomic mass is 16.2. The summed E-state index contributed by atoms with van der Waals surface area (Å²) >= 11 is 0. The minimum atomic E-state index is -0.496. The molecule has 1 aromatic carbocycles. The second-order valence-corrected chi connectivity index (χ2v) is 5.01. The second kappa shape index (κ2) is 5.40. The standard InChI is InChI=1S/C15H15N3O3/c19-13-8-16-15(21)18(13)10-14(20)17-7-6-12(9-17)11-4-2-1-3-5-11/h1-6H,7-10H2,(H,16,21). The molecule has 1 aromatic rings. The fourth-order valence-corrected chi connectivity index (χ4v) is 2.46. The molecule has 3 rings (SSSR count). The first-order valence-corrected chi connectivity index (χ1v) is 6.75. The maximum atomic E-state index is 12.2. The molecule has 108 valence electrons. The van der Waals surface area contributed by atoms with Crippen molar-refractivity contribution in [2.75, 3.05) is 26.2 Å². The molecule has 6 nitrogen and oxygen atoms in total. The van der Waals surface area contributed by atoms with Gasteiger partial charge < -0.3 is 10.2 Å². The summed E-state index contributed by atoms with van der Waals surface area (Å²) in [4.78, 5) is 37.7. The first-order valence-electron chi connectivity index (χ1n) is 6.75. The summed E-state index contributed by atoms with van der Waals surface area (Å²) in [5.41, 5.74) is 2.17. The van der Waals surface area contributed by atoms with Crippen molar-refractivity contribution in [2.24, 2.45) is 0 Å². The molecule has 0 aliphatic carbocycles. The Morgan fingerprint density at radius 1 is 1.19 bits per heavy atom. The Balaban J connectivity index is 1.61. The van der Waals surface area contributed by atoms with Crippen LogP contribution in [0.25, 0.3) is 5.57 Å². The molecule has 0 spiro atoms. The van der Waals surface area contributed by atoms with Gasteiger partial charge in [0.25, 0.3) is 5.91 Å². The molecule has 6 heteroatoms. The zero-order chi connectivity index (χ0) is 14.8.